The molecule has 0 bridgehead atoms. The fraction of sp³-hybridized carbons (Fsp3) is 0.611. The molecule has 0 aliphatic carbocycles. The van der Waals surface area contributed by atoms with Crippen LogP contribution in [0.1, 0.15) is 59.3 Å². The minimum Gasteiger partial charge on any atom is -0.361 e. The summed E-state index contributed by atoms with van der Waals surface area (Å²) in [5.41, 5.74) is 5.36. The van der Waals surface area contributed by atoms with Crippen molar-refractivity contribution in [1.82, 2.24) is 19.8 Å². The maximum atomic E-state index is 12.8. The lowest BCUT2D eigenvalue weighted by molar-refractivity contribution is -0.132. The molecule has 24 heavy (non-hydrogen) atoms. The minimum atomic E-state index is 0.163. The summed E-state index contributed by atoms with van der Waals surface area (Å²) < 4.78 is 7.10. The van der Waals surface area contributed by atoms with Gasteiger partial charge in [-0.25, -0.2) is 0 Å². The smallest absolute Gasteiger partial charge is 0.223 e. The second-order valence-corrected chi connectivity index (χ2v) is 6.76. The van der Waals surface area contributed by atoms with E-state index >= 15 is 0 Å². The van der Waals surface area contributed by atoms with Crippen LogP contribution in [0, 0.1) is 27.7 Å². The van der Waals surface area contributed by atoms with Gasteiger partial charge in [-0.2, -0.15) is 5.10 Å². The number of likely N-dealkylation sites (tertiary alicyclic amines) is 1. The molecule has 1 amide bonds. The Morgan fingerprint density at radius 1 is 1.25 bits per heavy atom. The Kier molecular flexibility index (Phi) is 4.47. The Balaban J connectivity index is 1.74. The molecule has 3 rings (SSSR count). The third-order valence-electron chi connectivity index (χ3n) is 5.24. The highest BCUT2D eigenvalue weighted by atomic mass is 16.5. The first-order valence-electron chi connectivity index (χ1n) is 8.61. The molecule has 0 saturated carbocycles. The van der Waals surface area contributed by atoms with Gasteiger partial charge < -0.3 is 9.42 Å². The molecular weight excluding hydrogens is 304 g/mol. The molecular formula is C18H26N4O2. The molecule has 0 aromatic carbocycles. The maximum Gasteiger partial charge on any atom is 0.223 e. The van der Waals surface area contributed by atoms with Gasteiger partial charge >= 0.3 is 0 Å². The molecule has 0 N–H and O–H groups in total. The minimum absolute atomic E-state index is 0.163. The summed E-state index contributed by atoms with van der Waals surface area (Å²) >= 11 is 0. The summed E-state index contributed by atoms with van der Waals surface area (Å²) in [5.74, 6) is 1.03. The van der Waals surface area contributed by atoms with Crippen LogP contribution in [0.5, 0.6) is 0 Å². The number of carbonyl (C=O) groups is 1. The van der Waals surface area contributed by atoms with Crippen molar-refractivity contribution < 1.29 is 9.32 Å². The summed E-state index contributed by atoms with van der Waals surface area (Å²) in [6, 6.07) is 0.163. The van der Waals surface area contributed by atoms with Crippen molar-refractivity contribution in [3.05, 3.63) is 34.0 Å². The topological polar surface area (TPSA) is 64.2 Å². The summed E-state index contributed by atoms with van der Waals surface area (Å²) in [6.45, 7) is 8.78. The highest BCUT2D eigenvalue weighted by Crippen LogP contribution is 2.36. The number of nitrogens with zero attached hydrogens (tertiary/aromatic N) is 4. The van der Waals surface area contributed by atoms with Crippen LogP contribution in [-0.2, 0) is 18.3 Å². The fourth-order valence-corrected chi connectivity index (χ4v) is 3.87. The quantitative estimate of drug-likeness (QED) is 0.864. The summed E-state index contributed by atoms with van der Waals surface area (Å²) in [6.07, 6.45) is 3.26. The van der Waals surface area contributed by atoms with Gasteiger partial charge in [-0.15, -0.1) is 0 Å². The molecule has 0 radical (unpaired) electrons. The zero-order chi connectivity index (χ0) is 17.4. The number of amides is 1. The molecule has 1 aliphatic heterocycles. The SMILES string of the molecule is Cc1noc(C)c1CCC(=O)N1CCCC1c1c(C)nn(C)c1C. The first-order chi connectivity index (χ1) is 11.4. The van der Waals surface area contributed by atoms with E-state index in [1.807, 2.05) is 37.4 Å². The van der Waals surface area contributed by atoms with E-state index in [2.05, 4.69) is 17.2 Å². The highest BCUT2D eigenvalue weighted by molar-refractivity contribution is 5.77. The van der Waals surface area contributed by atoms with Crippen molar-refractivity contribution in [3.63, 3.8) is 0 Å². The van der Waals surface area contributed by atoms with Gasteiger partial charge in [0.2, 0.25) is 5.91 Å². The lowest BCUT2D eigenvalue weighted by atomic mass is 10.0. The zero-order valence-electron chi connectivity index (χ0n) is 15.2. The van der Waals surface area contributed by atoms with Crippen LogP contribution in [-0.4, -0.2) is 32.3 Å². The monoisotopic (exact) mass is 330 g/mol. The van der Waals surface area contributed by atoms with Gasteiger partial charge in [-0.1, -0.05) is 5.16 Å². The number of rotatable bonds is 4. The molecule has 6 heteroatoms. The lowest BCUT2D eigenvalue weighted by Crippen LogP contribution is -2.31. The molecule has 0 spiro atoms. The Labute approximate surface area is 142 Å². The zero-order valence-corrected chi connectivity index (χ0v) is 15.2. The molecule has 1 fully saturated rings. The maximum absolute atomic E-state index is 12.8. The summed E-state index contributed by atoms with van der Waals surface area (Å²) in [7, 11) is 1.96. The third kappa shape index (κ3) is 2.85. The predicted octanol–water partition coefficient (Wildman–Crippen LogP) is 2.94. The summed E-state index contributed by atoms with van der Waals surface area (Å²) in [5, 5.41) is 8.49. The summed E-state index contributed by atoms with van der Waals surface area (Å²) in [4.78, 5) is 14.9. The Morgan fingerprint density at radius 2 is 2.00 bits per heavy atom. The molecule has 1 unspecified atom stereocenters. The van der Waals surface area contributed by atoms with Crippen LogP contribution in [0.4, 0.5) is 0 Å². The van der Waals surface area contributed by atoms with E-state index in [0.29, 0.717) is 12.8 Å². The lowest BCUT2D eigenvalue weighted by Gasteiger charge is -2.25. The first kappa shape index (κ1) is 16.7. The van der Waals surface area contributed by atoms with Crippen LogP contribution in [0.25, 0.3) is 0 Å². The number of aryl methyl sites for hydroxylation is 4. The van der Waals surface area contributed by atoms with E-state index in [-0.39, 0.29) is 11.9 Å². The molecule has 1 atom stereocenters. The number of hydrogen-bond donors (Lipinski definition) is 0. The molecule has 1 saturated heterocycles. The van der Waals surface area contributed by atoms with Crippen LogP contribution >= 0.6 is 0 Å². The van der Waals surface area contributed by atoms with Crippen molar-refractivity contribution in [3.8, 4) is 0 Å². The normalized spacial score (nSPS) is 17.7. The van der Waals surface area contributed by atoms with Gasteiger partial charge in [0.05, 0.1) is 17.4 Å². The third-order valence-corrected chi connectivity index (χ3v) is 5.24. The van der Waals surface area contributed by atoms with Gasteiger partial charge in [-0.05, 0) is 47.0 Å². The molecule has 1 aliphatic rings. The Hall–Kier alpha value is -2.11. The predicted molar refractivity (Wildman–Crippen MR) is 90.7 cm³/mol. The standard InChI is InChI=1S/C18H26N4O2/c1-11-15(14(4)24-20-11)8-9-17(23)22-10-6-7-16(22)18-12(2)19-21(5)13(18)3/h16H,6-10H2,1-5H3. The van der Waals surface area contributed by atoms with Gasteiger partial charge in [0.25, 0.3) is 0 Å². The number of hydrogen-bond acceptors (Lipinski definition) is 4. The van der Waals surface area contributed by atoms with Crippen LogP contribution in [0.15, 0.2) is 4.52 Å². The molecule has 130 valence electrons. The van der Waals surface area contributed by atoms with Gasteiger partial charge in [0.15, 0.2) is 0 Å². The average molecular weight is 330 g/mol. The second kappa shape index (κ2) is 6.42. The molecule has 2 aromatic heterocycles. The van der Waals surface area contributed by atoms with Crippen molar-refractivity contribution in [2.75, 3.05) is 6.54 Å². The second-order valence-electron chi connectivity index (χ2n) is 6.76. The van der Waals surface area contributed by atoms with E-state index in [4.69, 9.17) is 4.52 Å². The molecule has 6 nitrogen and oxygen atoms in total. The highest BCUT2D eigenvalue weighted by Gasteiger charge is 2.33. The van der Waals surface area contributed by atoms with Gasteiger partial charge in [-0.3, -0.25) is 9.48 Å². The van der Waals surface area contributed by atoms with E-state index < -0.39 is 0 Å². The van der Waals surface area contributed by atoms with E-state index in [1.165, 1.54) is 5.56 Å². The average Bonchev–Trinajstić information content (AvgIpc) is 3.18. The largest absolute Gasteiger partial charge is 0.361 e. The van der Waals surface area contributed by atoms with Crippen LogP contribution in [0.3, 0.4) is 0 Å². The van der Waals surface area contributed by atoms with E-state index in [9.17, 15) is 4.79 Å². The fourth-order valence-electron chi connectivity index (χ4n) is 3.87. The first-order valence-corrected chi connectivity index (χ1v) is 8.61. The van der Waals surface area contributed by atoms with Gasteiger partial charge in [0, 0.05) is 36.8 Å². The van der Waals surface area contributed by atoms with E-state index in [1.54, 1.807) is 0 Å². The number of aromatic nitrogens is 3. The molecule has 3 heterocycles. The number of carbonyl (C=O) groups excluding carboxylic acids is 1. The Bertz CT molecular complexity index is 740. The Morgan fingerprint density at radius 3 is 2.58 bits per heavy atom. The van der Waals surface area contributed by atoms with Crippen molar-refractivity contribution in [1.29, 1.82) is 0 Å². The van der Waals surface area contributed by atoms with Gasteiger partial charge in [0.1, 0.15) is 5.76 Å². The van der Waals surface area contributed by atoms with Crippen molar-refractivity contribution in [2.45, 2.75) is 59.4 Å². The van der Waals surface area contributed by atoms with Crippen molar-refractivity contribution >= 4 is 5.91 Å². The van der Waals surface area contributed by atoms with Crippen LogP contribution < -0.4 is 0 Å². The van der Waals surface area contributed by atoms with Crippen LogP contribution in [0.2, 0.25) is 0 Å². The van der Waals surface area contributed by atoms with Crippen molar-refractivity contribution in [2.24, 2.45) is 7.05 Å². The van der Waals surface area contributed by atoms with E-state index in [0.717, 1.165) is 47.8 Å². The molecule has 2 aromatic rings.